The van der Waals surface area contributed by atoms with Gasteiger partial charge in [-0.2, -0.15) is 0 Å². The van der Waals surface area contributed by atoms with E-state index in [0.717, 1.165) is 6.42 Å². The van der Waals surface area contributed by atoms with E-state index in [-0.39, 0.29) is 5.78 Å². The maximum Gasteiger partial charge on any atom is 0.153 e. The maximum atomic E-state index is 13.0. The third-order valence-electron chi connectivity index (χ3n) is 3.71. The lowest BCUT2D eigenvalue weighted by Crippen LogP contribution is -2.30. The van der Waals surface area contributed by atoms with Gasteiger partial charge in [0.15, 0.2) is 7.14 Å². The molecule has 0 saturated heterocycles. The van der Waals surface area contributed by atoms with Gasteiger partial charge >= 0.3 is 0 Å². The van der Waals surface area contributed by atoms with Gasteiger partial charge in [-0.05, 0) is 43.3 Å². The summed E-state index contributed by atoms with van der Waals surface area (Å²) in [6, 6.07) is 5.58. The monoisotopic (exact) mass is 250 g/mol. The largest absolute Gasteiger partial charge is 0.315 e. The van der Waals surface area contributed by atoms with Crippen LogP contribution in [0, 0.1) is 11.8 Å². The van der Waals surface area contributed by atoms with Crippen LogP contribution in [0.25, 0.3) is 0 Å². The second kappa shape index (κ2) is 4.73. The summed E-state index contributed by atoms with van der Waals surface area (Å²) >= 11 is 0. The van der Waals surface area contributed by atoms with E-state index >= 15 is 0 Å². The molecule has 0 fully saturated rings. The number of rotatable bonds is 2. The topological polar surface area (TPSA) is 42.3 Å². The van der Waals surface area contributed by atoms with Crippen LogP contribution >= 0.6 is 7.14 Å². The summed E-state index contributed by atoms with van der Waals surface area (Å²) in [6.07, 6.45) is 4.61. The lowest BCUT2D eigenvalue weighted by atomic mass is 9.91. The molecule has 1 aliphatic heterocycles. The minimum atomic E-state index is -2.52. The Morgan fingerprint density at radius 1 is 1.35 bits per heavy atom. The Bertz CT molecular complexity index is 458. The van der Waals surface area contributed by atoms with Gasteiger partial charge in [0, 0.05) is 6.20 Å². The highest BCUT2D eigenvalue weighted by atomic mass is 31.2. The highest BCUT2D eigenvalue weighted by Gasteiger charge is 2.38. The zero-order chi connectivity index (χ0) is 12.5. The van der Waals surface area contributed by atoms with Crippen molar-refractivity contribution in [2.24, 2.45) is 16.8 Å². The highest BCUT2D eigenvalue weighted by molar-refractivity contribution is 7.71. The summed E-state index contributed by atoms with van der Waals surface area (Å²) in [6.45, 7) is 6.15. The van der Waals surface area contributed by atoms with Crippen LogP contribution in [-0.2, 0) is 4.57 Å². The smallest absolute Gasteiger partial charge is 0.153 e. The minimum absolute atomic E-state index is 0.110. The number of nitrogens with zero attached hydrogens (tertiary/aromatic N) is 2. The molecule has 2 rings (SSSR count). The molecule has 0 spiro atoms. The Hall–Kier alpha value is -0.950. The lowest BCUT2D eigenvalue weighted by Gasteiger charge is -2.32. The van der Waals surface area contributed by atoms with Crippen LogP contribution in [0.4, 0.5) is 0 Å². The molecule has 1 aliphatic rings. The Balaban J connectivity index is 2.36. The van der Waals surface area contributed by atoms with Gasteiger partial charge in [-0.25, -0.2) is 0 Å². The fourth-order valence-corrected chi connectivity index (χ4v) is 4.80. The van der Waals surface area contributed by atoms with Crippen molar-refractivity contribution in [3.63, 3.8) is 0 Å². The van der Waals surface area contributed by atoms with E-state index in [9.17, 15) is 4.57 Å². The quantitative estimate of drug-likeness (QED) is 0.757. The lowest BCUT2D eigenvalue weighted by molar-refractivity contribution is 0.367. The van der Waals surface area contributed by atoms with Gasteiger partial charge in [0.1, 0.15) is 11.2 Å². The normalized spacial score (nSPS) is 32.1. The van der Waals surface area contributed by atoms with Crippen LogP contribution in [0.1, 0.15) is 20.3 Å². The molecule has 0 radical (unpaired) electrons. The first-order valence-corrected chi connectivity index (χ1v) is 8.26. The number of aliphatic imine (C=N–C) groups is 1. The number of aromatic nitrogens is 1. The molecule has 2 heterocycles. The van der Waals surface area contributed by atoms with Crippen molar-refractivity contribution in [1.82, 2.24) is 4.98 Å². The Labute approximate surface area is 103 Å². The summed E-state index contributed by atoms with van der Waals surface area (Å²) in [7, 11) is -2.52. The number of pyridine rings is 1. The Morgan fingerprint density at radius 2 is 2.12 bits per heavy atom. The van der Waals surface area contributed by atoms with Gasteiger partial charge in [0.25, 0.3) is 0 Å². The zero-order valence-corrected chi connectivity index (χ0v) is 11.5. The maximum absolute atomic E-state index is 13.0. The average Bonchev–Trinajstić information content (AvgIpc) is 2.33. The molecular formula is C13H19N2OP. The molecule has 0 aromatic carbocycles. The molecule has 0 aliphatic carbocycles. The van der Waals surface area contributed by atoms with E-state index in [1.807, 2.05) is 31.1 Å². The Kier molecular flexibility index (Phi) is 3.48. The van der Waals surface area contributed by atoms with Gasteiger partial charge in [-0.3, -0.25) is 9.98 Å². The number of hydrogen-bond acceptors (Lipinski definition) is 3. The van der Waals surface area contributed by atoms with E-state index in [0.29, 0.717) is 17.3 Å². The van der Waals surface area contributed by atoms with E-state index in [2.05, 4.69) is 23.8 Å². The third-order valence-corrected chi connectivity index (χ3v) is 6.50. The molecule has 0 bridgehead atoms. The van der Waals surface area contributed by atoms with Crippen molar-refractivity contribution in [2.45, 2.75) is 26.1 Å². The van der Waals surface area contributed by atoms with Crippen molar-refractivity contribution in [2.75, 3.05) is 6.66 Å². The molecule has 1 aromatic rings. The van der Waals surface area contributed by atoms with Crippen LogP contribution in [0.3, 0.4) is 0 Å². The fourth-order valence-electron chi connectivity index (χ4n) is 2.31. The van der Waals surface area contributed by atoms with Gasteiger partial charge in [-0.15, -0.1) is 0 Å². The second-order valence-corrected chi connectivity index (χ2v) is 7.96. The van der Waals surface area contributed by atoms with Gasteiger partial charge in [0.05, 0.1) is 0 Å². The van der Waals surface area contributed by atoms with Gasteiger partial charge < -0.3 is 4.57 Å². The molecule has 0 amide bonds. The molecule has 92 valence electrons. The van der Waals surface area contributed by atoms with Crippen molar-refractivity contribution in [1.29, 1.82) is 0 Å². The summed E-state index contributed by atoms with van der Waals surface area (Å²) in [5, 5.41) is 0. The molecule has 0 N–H and O–H groups in total. The molecule has 4 heteroatoms. The van der Waals surface area contributed by atoms with Crippen molar-refractivity contribution < 1.29 is 4.57 Å². The van der Waals surface area contributed by atoms with E-state index < -0.39 is 7.14 Å². The van der Waals surface area contributed by atoms with Crippen molar-refractivity contribution in [3.05, 3.63) is 24.4 Å². The first-order valence-electron chi connectivity index (χ1n) is 6.04. The molecule has 3 nitrogen and oxygen atoms in total. The SMILES string of the molecule is CC1CC=NC(P(C)(=O)c2ccccn2)C1C. The predicted molar refractivity (Wildman–Crippen MR) is 72.6 cm³/mol. The average molecular weight is 250 g/mol. The van der Waals surface area contributed by atoms with Crippen LogP contribution in [0.5, 0.6) is 0 Å². The van der Waals surface area contributed by atoms with Crippen LogP contribution in [0.15, 0.2) is 29.4 Å². The zero-order valence-electron chi connectivity index (χ0n) is 10.6. The summed E-state index contributed by atoms with van der Waals surface area (Å²) in [5.41, 5.74) is 0.697. The molecular weight excluding hydrogens is 231 g/mol. The standard InChI is InChI=1S/C13H19N2OP/c1-10-7-9-15-13(11(10)2)17(3,16)12-6-4-5-8-14-12/h4-6,8-11,13H,7H2,1-3H3. The van der Waals surface area contributed by atoms with Crippen molar-refractivity contribution >= 4 is 18.8 Å². The molecule has 4 unspecified atom stereocenters. The van der Waals surface area contributed by atoms with Crippen molar-refractivity contribution in [3.8, 4) is 0 Å². The first-order chi connectivity index (χ1) is 8.03. The summed E-state index contributed by atoms with van der Waals surface area (Å²) in [5.74, 6) is 0.772. The van der Waals surface area contributed by atoms with Gasteiger partial charge in [-0.1, -0.05) is 19.9 Å². The molecule has 1 aromatic heterocycles. The number of hydrogen-bond donors (Lipinski definition) is 0. The molecule has 4 atom stereocenters. The fraction of sp³-hybridized carbons (Fsp3) is 0.538. The third kappa shape index (κ3) is 2.35. The van der Waals surface area contributed by atoms with E-state index in [1.165, 1.54) is 0 Å². The van der Waals surface area contributed by atoms with E-state index in [4.69, 9.17) is 0 Å². The van der Waals surface area contributed by atoms with Crippen LogP contribution < -0.4 is 5.44 Å². The molecule has 0 saturated carbocycles. The summed E-state index contributed by atoms with van der Waals surface area (Å²) in [4.78, 5) is 8.73. The highest BCUT2D eigenvalue weighted by Crippen LogP contribution is 2.51. The van der Waals surface area contributed by atoms with Gasteiger partial charge in [0.2, 0.25) is 0 Å². The summed E-state index contributed by atoms with van der Waals surface area (Å²) < 4.78 is 13.0. The second-order valence-electron chi connectivity index (χ2n) is 5.00. The first kappa shape index (κ1) is 12.5. The Morgan fingerprint density at radius 3 is 2.76 bits per heavy atom. The van der Waals surface area contributed by atoms with E-state index in [1.54, 1.807) is 6.20 Å². The predicted octanol–water partition coefficient (Wildman–Crippen LogP) is 2.77. The molecule has 17 heavy (non-hydrogen) atoms. The van der Waals surface area contributed by atoms with Crippen LogP contribution in [-0.4, -0.2) is 23.6 Å². The minimum Gasteiger partial charge on any atom is -0.315 e. The van der Waals surface area contributed by atoms with Crippen LogP contribution in [0.2, 0.25) is 0 Å².